The van der Waals surface area contributed by atoms with E-state index in [1.54, 1.807) is 0 Å². The largest absolute Gasteiger partial charge is 0.297 e. The van der Waals surface area contributed by atoms with Crippen molar-refractivity contribution in [1.82, 2.24) is 4.90 Å². The van der Waals surface area contributed by atoms with E-state index in [2.05, 4.69) is 37.8 Å². The van der Waals surface area contributed by atoms with Crippen LogP contribution in [0.3, 0.4) is 0 Å². The molecule has 2 heteroatoms. The van der Waals surface area contributed by atoms with E-state index in [0.717, 1.165) is 18.7 Å². The lowest BCUT2D eigenvalue weighted by Gasteiger charge is -2.24. The predicted octanol–water partition coefficient (Wildman–Crippen LogP) is 3.76. The molecule has 0 saturated heterocycles. The Morgan fingerprint density at radius 2 is 1.67 bits per heavy atom. The van der Waals surface area contributed by atoms with Crippen LogP contribution in [0.4, 0.5) is 0 Å². The summed E-state index contributed by atoms with van der Waals surface area (Å²) in [7, 11) is 0. The molecule has 0 fully saturated rings. The zero-order valence-electron chi connectivity index (χ0n) is 12.2. The molecule has 0 radical (unpaired) electrons. The van der Waals surface area contributed by atoms with Crippen LogP contribution in [0, 0.1) is 5.92 Å². The summed E-state index contributed by atoms with van der Waals surface area (Å²) in [5.74, 6) is 0.288. The summed E-state index contributed by atoms with van der Waals surface area (Å²) >= 11 is 0. The van der Waals surface area contributed by atoms with Gasteiger partial charge in [-0.25, -0.2) is 0 Å². The molecular weight excluding hydrogens is 222 g/mol. The minimum atomic E-state index is 0.0682. The van der Waals surface area contributed by atoms with E-state index in [1.165, 1.54) is 5.56 Å². The molecule has 0 aromatic heterocycles. The maximum Gasteiger partial charge on any atom is 0.165 e. The summed E-state index contributed by atoms with van der Waals surface area (Å²) in [6.45, 7) is 12.5. The van der Waals surface area contributed by atoms with E-state index in [4.69, 9.17) is 0 Å². The highest BCUT2D eigenvalue weighted by molar-refractivity contribution is 5.97. The molecule has 18 heavy (non-hydrogen) atoms. The van der Waals surface area contributed by atoms with E-state index in [9.17, 15) is 4.79 Å². The van der Waals surface area contributed by atoms with Crippen molar-refractivity contribution in [2.24, 2.45) is 5.92 Å². The van der Waals surface area contributed by atoms with Crippen LogP contribution in [0.1, 0.15) is 50.5 Å². The molecule has 1 aromatic rings. The highest BCUT2D eigenvalue weighted by atomic mass is 16.1. The highest BCUT2D eigenvalue weighted by Crippen LogP contribution is 2.12. The standard InChI is InChI=1S/C16H25NO/c1-6-17(13(4)5)11-14-7-9-15(10-8-14)16(18)12(2)3/h7-10,12-13H,6,11H2,1-5H3. The zero-order valence-corrected chi connectivity index (χ0v) is 12.2. The molecule has 0 aliphatic heterocycles. The monoisotopic (exact) mass is 247 g/mol. The lowest BCUT2D eigenvalue weighted by atomic mass is 10.00. The average molecular weight is 247 g/mol. The van der Waals surface area contributed by atoms with Gasteiger partial charge in [-0.3, -0.25) is 9.69 Å². The molecule has 1 rings (SSSR count). The summed E-state index contributed by atoms with van der Waals surface area (Å²) < 4.78 is 0. The van der Waals surface area contributed by atoms with Crippen molar-refractivity contribution in [2.75, 3.05) is 6.54 Å². The Labute approximate surface area is 111 Å². The van der Waals surface area contributed by atoms with Gasteiger partial charge in [-0.15, -0.1) is 0 Å². The van der Waals surface area contributed by atoms with Gasteiger partial charge in [0.2, 0.25) is 0 Å². The molecule has 0 saturated carbocycles. The van der Waals surface area contributed by atoms with Crippen LogP contribution in [-0.2, 0) is 6.54 Å². The number of nitrogens with zero attached hydrogens (tertiary/aromatic N) is 1. The number of hydrogen-bond acceptors (Lipinski definition) is 2. The van der Waals surface area contributed by atoms with E-state index in [-0.39, 0.29) is 11.7 Å². The van der Waals surface area contributed by atoms with Gasteiger partial charge in [0, 0.05) is 24.1 Å². The lowest BCUT2D eigenvalue weighted by molar-refractivity contribution is 0.0939. The van der Waals surface area contributed by atoms with Crippen LogP contribution < -0.4 is 0 Å². The van der Waals surface area contributed by atoms with Gasteiger partial charge in [-0.05, 0) is 26.0 Å². The second kappa shape index (κ2) is 6.69. The molecule has 0 heterocycles. The first-order valence-corrected chi connectivity index (χ1v) is 6.82. The fourth-order valence-electron chi connectivity index (χ4n) is 2.00. The fourth-order valence-corrected chi connectivity index (χ4v) is 2.00. The zero-order chi connectivity index (χ0) is 13.7. The maximum absolute atomic E-state index is 11.8. The first kappa shape index (κ1) is 14.9. The van der Waals surface area contributed by atoms with Gasteiger partial charge in [-0.1, -0.05) is 45.0 Å². The van der Waals surface area contributed by atoms with Crippen LogP contribution in [-0.4, -0.2) is 23.3 Å². The van der Waals surface area contributed by atoms with Crippen LogP contribution in [0.25, 0.3) is 0 Å². The van der Waals surface area contributed by atoms with Crippen molar-refractivity contribution in [2.45, 2.75) is 47.2 Å². The van der Waals surface area contributed by atoms with Crippen molar-refractivity contribution >= 4 is 5.78 Å². The van der Waals surface area contributed by atoms with E-state index in [1.807, 2.05) is 26.0 Å². The number of Topliss-reactive ketones (excluding diaryl/α,β-unsaturated/α-hetero) is 1. The summed E-state index contributed by atoms with van der Waals surface area (Å²) in [5, 5.41) is 0. The van der Waals surface area contributed by atoms with Crippen LogP contribution >= 0.6 is 0 Å². The Morgan fingerprint density at radius 1 is 1.11 bits per heavy atom. The molecule has 0 unspecified atom stereocenters. The van der Waals surface area contributed by atoms with Crippen LogP contribution in [0.15, 0.2) is 24.3 Å². The third-order valence-electron chi connectivity index (χ3n) is 3.28. The number of carbonyl (C=O) groups is 1. The molecule has 0 atom stereocenters. The molecular formula is C16H25NO. The summed E-state index contributed by atoms with van der Waals surface area (Å²) in [5.41, 5.74) is 2.09. The first-order valence-electron chi connectivity index (χ1n) is 6.82. The SMILES string of the molecule is CCN(Cc1ccc(C(=O)C(C)C)cc1)C(C)C. The molecule has 0 N–H and O–H groups in total. The summed E-state index contributed by atoms with van der Waals surface area (Å²) in [4.78, 5) is 14.2. The smallest absolute Gasteiger partial charge is 0.165 e. The topological polar surface area (TPSA) is 20.3 Å². The second-order valence-corrected chi connectivity index (χ2v) is 5.37. The lowest BCUT2D eigenvalue weighted by Crippen LogP contribution is -2.29. The molecule has 0 aliphatic rings. The molecule has 0 amide bonds. The van der Waals surface area contributed by atoms with E-state index in [0.29, 0.717) is 6.04 Å². The number of hydrogen-bond donors (Lipinski definition) is 0. The molecule has 0 aliphatic carbocycles. The minimum Gasteiger partial charge on any atom is -0.297 e. The van der Waals surface area contributed by atoms with E-state index < -0.39 is 0 Å². The third-order valence-corrected chi connectivity index (χ3v) is 3.28. The molecule has 1 aromatic carbocycles. The third kappa shape index (κ3) is 3.95. The van der Waals surface area contributed by atoms with Crippen molar-refractivity contribution in [3.8, 4) is 0 Å². The van der Waals surface area contributed by atoms with E-state index >= 15 is 0 Å². The Hall–Kier alpha value is -1.15. The predicted molar refractivity (Wildman–Crippen MR) is 76.8 cm³/mol. The fraction of sp³-hybridized carbons (Fsp3) is 0.562. The summed E-state index contributed by atoms with van der Waals surface area (Å²) in [6, 6.07) is 8.59. The van der Waals surface area contributed by atoms with Gasteiger partial charge in [-0.2, -0.15) is 0 Å². The molecule has 100 valence electrons. The van der Waals surface area contributed by atoms with Gasteiger partial charge >= 0.3 is 0 Å². The molecule has 0 bridgehead atoms. The molecule has 2 nitrogen and oxygen atoms in total. The number of benzene rings is 1. The number of ketones is 1. The van der Waals surface area contributed by atoms with Gasteiger partial charge in [0.15, 0.2) is 5.78 Å². The maximum atomic E-state index is 11.8. The normalized spacial score (nSPS) is 11.6. The average Bonchev–Trinajstić information content (AvgIpc) is 2.35. The van der Waals surface area contributed by atoms with Crippen LogP contribution in [0.2, 0.25) is 0 Å². The number of rotatable bonds is 6. The number of carbonyl (C=O) groups excluding carboxylic acids is 1. The molecule has 0 spiro atoms. The summed E-state index contributed by atoms with van der Waals surface area (Å²) in [6.07, 6.45) is 0. The Morgan fingerprint density at radius 3 is 2.06 bits per heavy atom. The van der Waals surface area contributed by atoms with Gasteiger partial charge < -0.3 is 0 Å². The van der Waals surface area contributed by atoms with Crippen molar-refractivity contribution in [3.05, 3.63) is 35.4 Å². The quantitative estimate of drug-likeness (QED) is 0.713. The second-order valence-electron chi connectivity index (χ2n) is 5.37. The minimum absolute atomic E-state index is 0.0682. The Balaban J connectivity index is 2.74. The van der Waals surface area contributed by atoms with Gasteiger partial charge in [0.05, 0.1) is 0 Å². The van der Waals surface area contributed by atoms with Gasteiger partial charge in [0.1, 0.15) is 0 Å². The van der Waals surface area contributed by atoms with Crippen molar-refractivity contribution < 1.29 is 4.79 Å². The van der Waals surface area contributed by atoms with Crippen LogP contribution in [0.5, 0.6) is 0 Å². The van der Waals surface area contributed by atoms with Gasteiger partial charge in [0.25, 0.3) is 0 Å². The Kier molecular flexibility index (Phi) is 5.54. The Bertz CT molecular complexity index is 379. The van der Waals surface area contributed by atoms with Crippen molar-refractivity contribution in [1.29, 1.82) is 0 Å². The highest BCUT2D eigenvalue weighted by Gasteiger charge is 2.11. The van der Waals surface area contributed by atoms with Crippen molar-refractivity contribution in [3.63, 3.8) is 0 Å². The first-order chi connectivity index (χ1) is 8.45.